The zero-order chi connectivity index (χ0) is 21.1. The number of amides is 1. The van der Waals surface area contributed by atoms with Crippen LogP contribution in [0.25, 0.3) is 5.70 Å². The molecule has 0 aliphatic carbocycles. The molecule has 0 radical (unpaired) electrons. The van der Waals surface area contributed by atoms with Crippen LogP contribution < -0.4 is 21.5 Å². The van der Waals surface area contributed by atoms with Gasteiger partial charge in [-0.3, -0.25) is 10.2 Å². The van der Waals surface area contributed by atoms with E-state index in [0.29, 0.717) is 29.4 Å². The van der Waals surface area contributed by atoms with Gasteiger partial charge in [-0.2, -0.15) is 0 Å². The molecule has 0 spiro atoms. The fraction of sp³-hybridized carbons (Fsp3) is 0.0870. The number of carbonyl (C=O) groups excluding carboxylic acids is 1. The Kier molecular flexibility index (Phi) is 5.17. The van der Waals surface area contributed by atoms with Crippen LogP contribution in [0.2, 0.25) is 0 Å². The predicted octanol–water partition coefficient (Wildman–Crippen LogP) is 2.80. The largest absolute Gasteiger partial charge is 0.473 e. The normalized spacial score (nSPS) is 17.5. The van der Waals surface area contributed by atoms with Crippen molar-refractivity contribution in [2.75, 3.05) is 5.73 Å². The summed E-state index contributed by atoms with van der Waals surface area (Å²) in [4.78, 5) is 16.5. The number of aromatic nitrogens is 1. The Morgan fingerprint density at radius 2 is 1.90 bits per heavy atom. The zero-order valence-corrected chi connectivity index (χ0v) is 16.1. The van der Waals surface area contributed by atoms with E-state index in [9.17, 15) is 4.79 Å². The lowest BCUT2D eigenvalue weighted by molar-refractivity contribution is -0.114. The van der Waals surface area contributed by atoms with Gasteiger partial charge in [0, 0.05) is 29.2 Å². The fourth-order valence-corrected chi connectivity index (χ4v) is 3.34. The summed E-state index contributed by atoms with van der Waals surface area (Å²) < 4.78 is 5.72. The van der Waals surface area contributed by atoms with Crippen LogP contribution in [-0.4, -0.2) is 16.6 Å². The second-order valence-corrected chi connectivity index (χ2v) is 6.94. The van der Waals surface area contributed by atoms with Gasteiger partial charge < -0.3 is 21.5 Å². The molecule has 150 valence electrons. The average Bonchev–Trinajstić information content (AvgIpc) is 3.07. The molecule has 0 bridgehead atoms. The van der Waals surface area contributed by atoms with Gasteiger partial charge in [0.15, 0.2) is 0 Å². The molecule has 1 unspecified atom stereocenters. The van der Waals surface area contributed by atoms with Crippen LogP contribution in [0.5, 0.6) is 5.88 Å². The topological polar surface area (TPSA) is 127 Å². The van der Waals surface area contributed by atoms with Crippen molar-refractivity contribution in [3.63, 3.8) is 0 Å². The first kappa shape index (κ1) is 19.2. The van der Waals surface area contributed by atoms with Gasteiger partial charge in [-0.05, 0) is 34.9 Å². The summed E-state index contributed by atoms with van der Waals surface area (Å²) >= 11 is 0. The summed E-state index contributed by atoms with van der Waals surface area (Å²) in [5.74, 6) is -0.0157. The number of nitrogens with one attached hydrogen (secondary N) is 2. The van der Waals surface area contributed by atoms with Crippen LogP contribution in [0.3, 0.4) is 0 Å². The van der Waals surface area contributed by atoms with Crippen molar-refractivity contribution in [2.45, 2.75) is 12.6 Å². The van der Waals surface area contributed by atoms with Crippen molar-refractivity contribution in [1.29, 1.82) is 5.41 Å². The van der Waals surface area contributed by atoms with Crippen LogP contribution in [0.15, 0.2) is 78.5 Å². The SMILES string of the molecule is N=C1C(=O)NC(c2ccc(OCc3cccc(N)c3)nc2)C1=C(N)c1ccccc1. The number of nitrogens with two attached hydrogens (primary N) is 2. The van der Waals surface area contributed by atoms with Crippen LogP contribution in [0.1, 0.15) is 22.7 Å². The number of benzene rings is 2. The quantitative estimate of drug-likeness (QED) is 0.491. The summed E-state index contributed by atoms with van der Waals surface area (Å²) in [7, 11) is 0. The van der Waals surface area contributed by atoms with E-state index in [1.54, 1.807) is 12.3 Å². The molecule has 4 rings (SSSR count). The number of ether oxygens (including phenoxy) is 1. The van der Waals surface area contributed by atoms with E-state index in [2.05, 4.69) is 10.3 Å². The summed E-state index contributed by atoms with van der Waals surface area (Å²) in [5.41, 5.74) is 15.9. The van der Waals surface area contributed by atoms with E-state index in [-0.39, 0.29) is 5.71 Å². The van der Waals surface area contributed by atoms with Crippen LogP contribution in [-0.2, 0) is 11.4 Å². The van der Waals surface area contributed by atoms with E-state index in [4.69, 9.17) is 21.6 Å². The van der Waals surface area contributed by atoms with E-state index < -0.39 is 11.9 Å². The molecule has 0 saturated carbocycles. The summed E-state index contributed by atoms with van der Waals surface area (Å²) in [6.45, 7) is 0.342. The van der Waals surface area contributed by atoms with Gasteiger partial charge in [0.1, 0.15) is 12.3 Å². The number of pyridine rings is 1. The number of rotatable bonds is 5. The predicted molar refractivity (Wildman–Crippen MR) is 116 cm³/mol. The number of hydrogen-bond acceptors (Lipinski definition) is 6. The van der Waals surface area contributed by atoms with Crippen molar-refractivity contribution in [2.24, 2.45) is 5.73 Å². The molecule has 2 heterocycles. The third-order valence-electron chi connectivity index (χ3n) is 4.87. The molecule has 2 aromatic carbocycles. The lowest BCUT2D eigenvalue weighted by Crippen LogP contribution is -2.21. The van der Waals surface area contributed by atoms with E-state index in [0.717, 1.165) is 16.7 Å². The summed E-state index contributed by atoms with van der Waals surface area (Å²) in [6, 6.07) is 19.8. The smallest absolute Gasteiger partial charge is 0.270 e. The monoisotopic (exact) mass is 399 g/mol. The van der Waals surface area contributed by atoms with Gasteiger partial charge in [-0.1, -0.05) is 42.5 Å². The molecular formula is C23H21N5O2. The maximum Gasteiger partial charge on any atom is 0.270 e. The van der Waals surface area contributed by atoms with Crippen LogP contribution in [0.4, 0.5) is 5.69 Å². The van der Waals surface area contributed by atoms with E-state index in [1.165, 1.54) is 0 Å². The molecule has 1 aromatic heterocycles. The summed E-state index contributed by atoms with van der Waals surface area (Å²) in [5, 5.41) is 11.0. The van der Waals surface area contributed by atoms with Gasteiger partial charge in [0.25, 0.3) is 5.91 Å². The highest BCUT2D eigenvalue weighted by atomic mass is 16.5. The average molecular weight is 399 g/mol. The van der Waals surface area contributed by atoms with Crippen LogP contribution >= 0.6 is 0 Å². The molecule has 1 saturated heterocycles. The van der Waals surface area contributed by atoms with Crippen LogP contribution in [0, 0.1) is 5.41 Å². The zero-order valence-electron chi connectivity index (χ0n) is 16.1. The third-order valence-corrected chi connectivity index (χ3v) is 4.87. The Hall–Kier alpha value is -4.13. The molecule has 1 atom stereocenters. The first-order valence-electron chi connectivity index (χ1n) is 9.41. The highest BCUT2D eigenvalue weighted by Crippen LogP contribution is 2.32. The molecular weight excluding hydrogens is 378 g/mol. The Balaban J connectivity index is 1.56. The van der Waals surface area contributed by atoms with Gasteiger partial charge in [0.2, 0.25) is 5.88 Å². The Labute approximate surface area is 173 Å². The molecule has 1 aliphatic rings. The minimum absolute atomic E-state index is 0.136. The molecule has 1 amide bonds. The van der Waals surface area contributed by atoms with Crippen molar-refractivity contribution in [3.05, 3.63) is 95.2 Å². The van der Waals surface area contributed by atoms with Gasteiger partial charge in [0.05, 0.1) is 6.04 Å². The van der Waals surface area contributed by atoms with Crippen molar-refractivity contribution >= 4 is 23.0 Å². The summed E-state index contributed by atoms with van der Waals surface area (Å²) in [6.07, 6.45) is 1.62. The molecule has 1 aliphatic heterocycles. The Bertz CT molecular complexity index is 1120. The molecule has 7 nitrogen and oxygen atoms in total. The van der Waals surface area contributed by atoms with Gasteiger partial charge >= 0.3 is 0 Å². The fourth-order valence-electron chi connectivity index (χ4n) is 3.34. The second-order valence-electron chi connectivity index (χ2n) is 6.94. The maximum absolute atomic E-state index is 12.2. The maximum atomic E-state index is 12.2. The minimum Gasteiger partial charge on any atom is -0.473 e. The molecule has 3 aromatic rings. The Morgan fingerprint density at radius 3 is 2.60 bits per heavy atom. The highest BCUT2D eigenvalue weighted by Gasteiger charge is 2.36. The lowest BCUT2D eigenvalue weighted by atomic mass is 9.95. The van der Waals surface area contributed by atoms with E-state index in [1.807, 2.05) is 60.7 Å². The molecule has 6 N–H and O–H groups in total. The molecule has 7 heteroatoms. The van der Waals surface area contributed by atoms with Crippen molar-refractivity contribution in [3.8, 4) is 5.88 Å². The lowest BCUT2D eigenvalue weighted by Gasteiger charge is -2.15. The minimum atomic E-state index is -0.541. The number of hydrogen-bond donors (Lipinski definition) is 4. The number of nitrogen functional groups attached to an aromatic ring is 1. The molecule has 1 fully saturated rings. The third kappa shape index (κ3) is 3.86. The first-order chi connectivity index (χ1) is 14.5. The number of carbonyl (C=O) groups is 1. The van der Waals surface area contributed by atoms with E-state index >= 15 is 0 Å². The van der Waals surface area contributed by atoms with Crippen molar-refractivity contribution < 1.29 is 9.53 Å². The second kappa shape index (κ2) is 8.08. The van der Waals surface area contributed by atoms with Gasteiger partial charge in [-0.25, -0.2) is 4.98 Å². The standard InChI is InChI=1S/C23H21N5O2/c24-17-8-4-5-14(11-17)13-30-18-10-9-16(12-27-18)22-19(21(26)23(29)28-22)20(25)15-6-2-1-3-7-15/h1-12,22,26H,13,24-25H2,(H,28,29). The van der Waals surface area contributed by atoms with Gasteiger partial charge in [-0.15, -0.1) is 0 Å². The number of anilines is 1. The van der Waals surface area contributed by atoms with Crippen molar-refractivity contribution in [1.82, 2.24) is 10.3 Å². The first-order valence-corrected chi connectivity index (χ1v) is 9.41. The number of nitrogens with zero attached hydrogens (tertiary/aromatic N) is 1. The highest BCUT2D eigenvalue weighted by molar-refractivity contribution is 6.48. The Morgan fingerprint density at radius 1 is 1.10 bits per heavy atom. The molecule has 30 heavy (non-hydrogen) atoms.